The second-order valence-electron chi connectivity index (χ2n) is 8.18. The highest BCUT2D eigenvalue weighted by atomic mass is 16.2. The van der Waals surface area contributed by atoms with Crippen molar-refractivity contribution in [2.24, 2.45) is 0 Å². The molecule has 0 atom stereocenters. The van der Waals surface area contributed by atoms with Gasteiger partial charge in [-0.25, -0.2) is 4.90 Å². The minimum absolute atomic E-state index is 0.246. The molecular formula is C27H25N3O2. The van der Waals surface area contributed by atoms with Crippen LogP contribution in [0.5, 0.6) is 0 Å². The normalized spacial score (nSPS) is 16.8. The summed E-state index contributed by atoms with van der Waals surface area (Å²) in [4.78, 5) is 32.8. The monoisotopic (exact) mass is 423 g/mol. The molecule has 5 heteroatoms. The Kier molecular flexibility index (Phi) is 5.23. The van der Waals surface area contributed by atoms with Crippen LogP contribution in [0.1, 0.15) is 11.1 Å². The lowest BCUT2D eigenvalue weighted by Gasteiger charge is -2.37. The summed E-state index contributed by atoms with van der Waals surface area (Å²) in [7, 11) is 0. The van der Waals surface area contributed by atoms with Crippen LogP contribution in [0.4, 0.5) is 11.4 Å². The first-order chi connectivity index (χ1) is 15.6. The van der Waals surface area contributed by atoms with Crippen LogP contribution in [0.15, 0.2) is 90.6 Å². The molecule has 2 amide bonds. The number of amides is 2. The Labute approximate surface area is 188 Å². The maximum atomic E-state index is 13.6. The van der Waals surface area contributed by atoms with Gasteiger partial charge in [0, 0.05) is 31.9 Å². The molecule has 0 bridgehead atoms. The van der Waals surface area contributed by atoms with Crippen molar-refractivity contribution in [1.29, 1.82) is 0 Å². The summed E-state index contributed by atoms with van der Waals surface area (Å²) >= 11 is 0. The van der Waals surface area contributed by atoms with E-state index in [0.717, 1.165) is 18.7 Å². The number of hydrogen-bond acceptors (Lipinski definition) is 4. The molecule has 1 saturated heterocycles. The molecule has 5 rings (SSSR count). The van der Waals surface area contributed by atoms with Crippen molar-refractivity contribution < 1.29 is 9.59 Å². The lowest BCUT2D eigenvalue weighted by molar-refractivity contribution is -0.120. The smallest absolute Gasteiger partial charge is 0.282 e. The summed E-state index contributed by atoms with van der Waals surface area (Å²) in [5.74, 6) is -0.507. The quantitative estimate of drug-likeness (QED) is 0.593. The fourth-order valence-corrected chi connectivity index (χ4v) is 4.50. The van der Waals surface area contributed by atoms with Gasteiger partial charge < -0.3 is 9.80 Å². The Balaban J connectivity index is 1.48. The molecule has 0 radical (unpaired) electrons. The van der Waals surface area contributed by atoms with Crippen LogP contribution in [0.25, 0.3) is 5.57 Å². The first-order valence-corrected chi connectivity index (χ1v) is 10.9. The first kappa shape index (κ1) is 20.1. The van der Waals surface area contributed by atoms with E-state index in [1.54, 1.807) is 12.1 Å². The average molecular weight is 424 g/mol. The van der Waals surface area contributed by atoms with Gasteiger partial charge in [0.15, 0.2) is 0 Å². The highest BCUT2D eigenvalue weighted by molar-refractivity contribution is 6.45. The first-order valence-electron chi connectivity index (χ1n) is 10.9. The van der Waals surface area contributed by atoms with Crippen molar-refractivity contribution in [2.75, 3.05) is 36.0 Å². The molecule has 2 heterocycles. The number of rotatable bonds is 4. The van der Waals surface area contributed by atoms with E-state index in [0.29, 0.717) is 30.0 Å². The van der Waals surface area contributed by atoms with Crippen LogP contribution < -0.4 is 9.80 Å². The third kappa shape index (κ3) is 3.56. The van der Waals surface area contributed by atoms with E-state index in [9.17, 15) is 9.59 Å². The van der Waals surface area contributed by atoms with Crippen molar-refractivity contribution in [2.45, 2.75) is 6.92 Å². The van der Waals surface area contributed by atoms with Crippen molar-refractivity contribution in [1.82, 2.24) is 4.90 Å². The maximum Gasteiger partial charge on any atom is 0.282 e. The van der Waals surface area contributed by atoms with Crippen molar-refractivity contribution in [3.05, 3.63) is 102 Å². The molecule has 32 heavy (non-hydrogen) atoms. The van der Waals surface area contributed by atoms with E-state index in [2.05, 4.69) is 41.0 Å². The number of carbonyl (C=O) groups is 2. The summed E-state index contributed by atoms with van der Waals surface area (Å²) in [5, 5.41) is 0. The Morgan fingerprint density at radius 2 is 1.22 bits per heavy atom. The van der Waals surface area contributed by atoms with Gasteiger partial charge in [-0.1, -0.05) is 60.7 Å². The maximum absolute atomic E-state index is 13.6. The van der Waals surface area contributed by atoms with Crippen LogP contribution in [-0.2, 0) is 9.59 Å². The molecule has 0 saturated carbocycles. The van der Waals surface area contributed by atoms with Crippen LogP contribution in [0.2, 0.25) is 0 Å². The Morgan fingerprint density at radius 1 is 0.625 bits per heavy atom. The van der Waals surface area contributed by atoms with Gasteiger partial charge >= 0.3 is 0 Å². The number of piperazine rings is 1. The second kappa shape index (κ2) is 8.35. The van der Waals surface area contributed by atoms with E-state index in [1.165, 1.54) is 16.2 Å². The van der Waals surface area contributed by atoms with E-state index in [1.807, 2.05) is 48.5 Å². The number of aryl methyl sites for hydroxylation is 1. The van der Waals surface area contributed by atoms with Crippen molar-refractivity contribution in [3.63, 3.8) is 0 Å². The summed E-state index contributed by atoms with van der Waals surface area (Å²) in [6, 6.07) is 27.2. The van der Waals surface area contributed by atoms with Gasteiger partial charge in [-0.05, 0) is 42.3 Å². The fraction of sp³-hybridized carbons (Fsp3) is 0.185. The lowest BCUT2D eigenvalue weighted by atomic mass is 10.0. The molecule has 0 aromatic heterocycles. The SMILES string of the molecule is Cc1cccc(N2CCN(C3=C(c4ccccc4)C(=O)N(c4ccccc4)C3=O)CC2)c1. The van der Waals surface area contributed by atoms with E-state index in [-0.39, 0.29) is 11.8 Å². The van der Waals surface area contributed by atoms with Crippen molar-refractivity contribution in [3.8, 4) is 0 Å². The number of hydrogen-bond donors (Lipinski definition) is 0. The molecule has 0 spiro atoms. The molecule has 0 aliphatic carbocycles. The third-order valence-electron chi connectivity index (χ3n) is 6.10. The van der Waals surface area contributed by atoms with Crippen LogP contribution in [0, 0.1) is 6.92 Å². The van der Waals surface area contributed by atoms with Gasteiger partial charge in [0.2, 0.25) is 0 Å². The summed E-state index contributed by atoms with van der Waals surface area (Å²) in [5.41, 5.74) is 4.80. The highest BCUT2D eigenvalue weighted by Crippen LogP contribution is 2.35. The number of para-hydroxylation sites is 1. The predicted octanol–water partition coefficient (Wildman–Crippen LogP) is 4.10. The molecule has 2 aliphatic rings. The van der Waals surface area contributed by atoms with Crippen LogP contribution in [0.3, 0.4) is 0 Å². The molecule has 3 aromatic carbocycles. The zero-order chi connectivity index (χ0) is 22.1. The number of benzene rings is 3. The number of imide groups is 1. The Bertz CT molecular complexity index is 1180. The minimum atomic E-state index is -0.261. The molecule has 1 fully saturated rings. The number of carbonyl (C=O) groups excluding carboxylic acids is 2. The molecule has 0 N–H and O–H groups in total. The van der Waals surface area contributed by atoms with Crippen LogP contribution in [-0.4, -0.2) is 42.9 Å². The second-order valence-corrected chi connectivity index (χ2v) is 8.18. The van der Waals surface area contributed by atoms with E-state index in [4.69, 9.17) is 0 Å². The molecule has 160 valence electrons. The van der Waals surface area contributed by atoms with Gasteiger partial charge in [0.05, 0.1) is 11.3 Å². The van der Waals surface area contributed by atoms with Crippen LogP contribution >= 0.6 is 0 Å². The third-order valence-corrected chi connectivity index (χ3v) is 6.10. The van der Waals surface area contributed by atoms with Crippen molar-refractivity contribution >= 4 is 28.8 Å². The minimum Gasteiger partial charge on any atom is -0.368 e. The fourth-order valence-electron chi connectivity index (χ4n) is 4.50. The molecule has 5 nitrogen and oxygen atoms in total. The van der Waals surface area contributed by atoms with Gasteiger partial charge in [0.25, 0.3) is 11.8 Å². The average Bonchev–Trinajstić information content (AvgIpc) is 3.10. The summed E-state index contributed by atoms with van der Waals surface area (Å²) in [6.45, 7) is 5.05. The van der Waals surface area contributed by atoms with Gasteiger partial charge in [0.1, 0.15) is 5.70 Å². The van der Waals surface area contributed by atoms with Gasteiger partial charge in [-0.2, -0.15) is 0 Å². The summed E-state index contributed by atoms with van der Waals surface area (Å²) in [6.07, 6.45) is 0. The molecule has 0 unspecified atom stereocenters. The zero-order valence-corrected chi connectivity index (χ0v) is 18.1. The standard InChI is InChI=1S/C27H25N3O2/c1-20-9-8-14-23(19-20)28-15-17-29(18-16-28)25-24(21-10-4-2-5-11-21)26(31)30(27(25)32)22-12-6-3-7-13-22/h2-14,19H,15-18H2,1H3. The Morgan fingerprint density at radius 3 is 1.88 bits per heavy atom. The molecule has 2 aliphatic heterocycles. The molecule has 3 aromatic rings. The predicted molar refractivity (Wildman–Crippen MR) is 127 cm³/mol. The lowest BCUT2D eigenvalue weighted by Crippen LogP contribution is -2.47. The largest absolute Gasteiger partial charge is 0.368 e. The van der Waals surface area contributed by atoms with E-state index >= 15 is 0 Å². The molecular weight excluding hydrogens is 398 g/mol. The van der Waals surface area contributed by atoms with Gasteiger partial charge in [-0.3, -0.25) is 9.59 Å². The topological polar surface area (TPSA) is 43.9 Å². The number of nitrogens with zero attached hydrogens (tertiary/aromatic N) is 3. The highest BCUT2D eigenvalue weighted by Gasteiger charge is 2.42. The number of anilines is 2. The zero-order valence-electron chi connectivity index (χ0n) is 18.1. The van der Waals surface area contributed by atoms with Gasteiger partial charge in [-0.15, -0.1) is 0 Å². The van der Waals surface area contributed by atoms with E-state index < -0.39 is 0 Å². The summed E-state index contributed by atoms with van der Waals surface area (Å²) < 4.78 is 0. The Hall–Kier alpha value is -3.86.